The number of sulfonamides is 2. The summed E-state index contributed by atoms with van der Waals surface area (Å²) in [6, 6.07) is 9.31. The molecule has 8 nitrogen and oxygen atoms in total. The van der Waals surface area contributed by atoms with Crippen LogP contribution in [-0.4, -0.2) is 43.9 Å². The molecule has 0 aromatic heterocycles. The molecular formula is C17H20N2O6S2. The highest BCUT2D eigenvalue weighted by atomic mass is 32.2. The molecule has 2 aromatic rings. The normalized spacial score (nSPS) is 14.0. The smallest absolute Gasteiger partial charge is 0.265 e. The maximum absolute atomic E-state index is 12.8. The van der Waals surface area contributed by atoms with Gasteiger partial charge in [-0.2, -0.15) is 0 Å². The number of hydrogen-bond donors (Lipinski definition) is 1. The SMILES string of the molecule is COc1ccc(OC)c(S(=O)(=O)Nc2ccc3c(c2)N(S(C)(=O)=O)CC3)c1. The molecule has 0 aliphatic carbocycles. The van der Waals surface area contributed by atoms with Gasteiger partial charge in [-0.05, 0) is 36.2 Å². The van der Waals surface area contributed by atoms with Gasteiger partial charge >= 0.3 is 0 Å². The maximum atomic E-state index is 12.8. The summed E-state index contributed by atoms with van der Waals surface area (Å²) in [7, 11) is -4.60. The molecule has 10 heteroatoms. The van der Waals surface area contributed by atoms with Crippen LogP contribution in [0.2, 0.25) is 0 Å². The molecule has 0 radical (unpaired) electrons. The van der Waals surface area contributed by atoms with Crippen molar-refractivity contribution in [2.45, 2.75) is 11.3 Å². The molecule has 146 valence electrons. The fourth-order valence-electron chi connectivity index (χ4n) is 2.96. The zero-order valence-electron chi connectivity index (χ0n) is 15.1. The van der Waals surface area contributed by atoms with Crippen LogP contribution in [-0.2, 0) is 26.5 Å². The molecule has 3 rings (SSSR count). The highest BCUT2D eigenvalue weighted by molar-refractivity contribution is 7.93. The number of benzene rings is 2. The first-order valence-corrected chi connectivity index (χ1v) is 11.3. The molecule has 0 unspecified atom stereocenters. The minimum Gasteiger partial charge on any atom is -0.497 e. The largest absolute Gasteiger partial charge is 0.497 e. The number of fused-ring (bicyclic) bond motifs is 1. The van der Waals surface area contributed by atoms with Gasteiger partial charge in [-0.3, -0.25) is 9.03 Å². The zero-order chi connectivity index (χ0) is 19.8. The maximum Gasteiger partial charge on any atom is 0.265 e. The van der Waals surface area contributed by atoms with Gasteiger partial charge in [-0.1, -0.05) is 6.07 Å². The Hall–Kier alpha value is -2.46. The minimum absolute atomic E-state index is 0.0789. The van der Waals surface area contributed by atoms with Crippen molar-refractivity contribution in [1.29, 1.82) is 0 Å². The molecule has 0 amide bonds. The molecular weight excluding hydrogens is 392 g/mol. The predicted molar refractivity (Wildman–Crippen MR) is 103 cm³/mol. The number of anilines is 2. The third-order valence-corrected chi connectivity index (χ3v) is 6.83. The lowest BCUT2D eigenvalue weighted by molar-refractivity contribution is 0.392. The summed E-state index contributed by atoms with van der Waals surface area (Å²) in [4.78, 5) is -0.0789. The fourth-order valence-corrected chi connectivity index (χ4v) is 5.15. The molecule has 0 saturated carbocycles. The van der Waals surface area contributed by atoms with Crippen molar-refractivity contribution in [2.24, 2.45) is 0 Å². The molecule has 0 fully saturated rings. The minimum atomic E-state index is -3.98. The van der Waals surface area contributed by atoms with Crippen molar-refractivity contribution in [2.75, 3.05) is 36.0 Å². The Morgan fingerprint density at radius 1 is 1.00 bits per heavy atom. The van der Waals surface area contributed by atoms with Gasteiger partial charge in [0, 0.05) is 12.6 Å². The summed E-state index contributed by atoms with van der Waals surface area (Å²) < 4.78 is 63.5. The van der Waals surface area contributed by atoms with Crippen LogP contribution < -0.4 is 18.5 Å². The van der Waals surface area contributed by atoms with E-state index in [1.165, 1.54) is 36.7 Å². The van der Waals surface area contributed by atoms with Crippen LogP contribution in [0.1, 0.15) is 5.56 Å². The second-order valence-corrected chi connectivity index (χ2v) is 9.61. The van der Waals surface area contributed by atoms with Crippen LogP contribution in [0.5, 0.6) is 11.5 Å². The number of methoxy groups -OCH3 is 2. The third-order valence-electron chi connectivity index (χ3n) is 4.25. The third kappa shape index (κ3) is 3.81. The zero-order valence-corrected chi connectivity index (χ0v) is 16.7. The molecule has 1 aliphatic heterocycles. The van der Waals surface area contributed by atoms with E-state index >= 15 is 0 Å². The van der Waals surface area contributed by atoms with Crippen LogP contribution in [0, 0.1) is 0 Å². The number of ether oxygens (including phenoxy) is 2. The summed E-state index contributed by atoms with van der Waals surface area (Å²) in [5.74, 6) is 0.538. The Balaban J connectivity index is 1.99. The molecule has 1 aliphatic rings. The highest BCUT2D eigenvalue weighted by Crippen LogP contribution is 2.34. The van der Waals surface area contributed by atoms with Crippen molar-refractivity contribution < 1.29 is 26.3 Å². The number of hydrogen-bond acceptors (Lipinski definition) is 6. The summed E-state index contributed by atoms with van der Waals surface area (Å²) in [6.45, 7) is 0.341. The van der Waals surface area contributed by atoms with Crippen LogP contribution in [0.4, 0.5) is 11.4 Å². The first kappa shape index (κ1) is 19.3. The van der Waals surface area contributed by atoms with Gasteiger partial charge in [-0.25, -0.2) is 16.8 Å². The predicted octanol–water partition coefficient (Wildman–Crippen LogP) is 1.83. The van der Waals surface area contributed by atoms with Crippen LogP contribution >= 0.6 is 0 Å². The Morgan fingerprint density at radius 2 is 1.74 bits per heavy atom. The lowest BCUT2D eigenvalue weighted by atomic mass is 10.1. The number of nitrogens with zero attached hydrogens (tertiary/aromatic N) is 1. The van der Waals surface area contributed by atoms with E-state index in [0.717, 1.165) is 11.8 Å². The monoisotopic (exact) mass is 412 g/mol. The second-order valence-electron chi connectivity index (χ2n) is 6.05. The lowest BCUT2D eigenvalue weighted by Gasteiger charge is -2.18. The van der Waals surface area contributed by atoms with Gasteiger partial charge in [0.25, 0.3) is 10.0 Å². The summed E-state index contributed by atoms with van der Waals surface area (Å²) in [5, 5.41) is 0. The molecule has 1 heterocycles. The Kier molecular flexibility index (Phi) is 4.96. The standard InChI is InChI=1S/C17H20N2O6S2/c1-24-14-6-7-16(25-2)17(11-14)27(22,23)18-13-5-4-12-8-9-19(15(12)10-13)26(3,20)21/h4-7,10-11,18H,8-9H2,1-3H3. The molecule has 0 spiro atoms. The van der Waals surface area contributed by atoms with Gasteiger partial charge in [0.05, 0.1) is 31.9 Å². The van der Waals surface area contributed by atoms with Gasteiger partial charge in [-0.15, -0.1) is 0 Å². The van der Waals surface area contributed by atoms with E-state index in [2.05, 4.69) is 4.72 Å². The van der Waals surface area contributed by atoms with Crippen LogP contribution in [0.3, 0.4) is 0 Å². The Labute approximate surface area is 158 Å². The van der Waals surface area contributed by atoms with Crippen LogP contribution in [0.25, 0.3) is 0 Å². The van der Waals surface area contributed by atoms with E-state index in [1.807, 2.05) is 0 Å². The summed E-state index contributed by atoms with van der Waals surface area (Å²) in [5.41, 5.74) is 1.59. The topological polar surface area (TPSA) is 102 Å². The average Bonchev–Trinajstić information content (AvgIpc) is 3.04. The second kappa shape index (κ2) is 6.93. The molecule has 0 bridgehead atoms. The first-order valence-electron chi connectivity index (χ1n) is 8.01. The summed E-state index contributed by atoms with van der Waals surface area (Å²) in [6.07, 6.45) is 1.71. The van der Waals surface area contributed by atoms with Crippen molar-refractivity contribution in [1.82, 2.24) is 0 Å². The van der Waals surface area contributed by atoms with Gasteiger partial charge in [0.15, 0.2) is 0 Å². The number of nitrogens with one attached hydrogen (secondary N) is 1. The van der Waals surface area contributed by atoms with Gasteiger partial charge in [0.2, 0.25) is 10.0 Å². The quantitative estimate of drug-likeness (QED) is 0.777. The Bertz CT molecular complexity index is 1080. The van der Waals surface area contributed by atoms with E-state index in [4.69, 9.17) is 9.47 Å². The summed E-state index contributed by atoms with van der Waals surface area (Å²) >= 11 is 0. The van der Waals surface area contributed by atoms with E-state index in [0.29, 0.717) is 24.4 Å². The molecule has 0 atom stereocenters. The molecule has 0 saturated heterocycles. The van der Waals surface area contributed by atoms with E-state index in [1.54, 1.807) is 18.2 Å². The van der Waals surface area contributed by atoms with E-state index in [9.17, 15) is 16.8 Å². The van der Waals surface area contributed by atoms with E-state index < -0.39 is 20.0 Å². The van der Waals surface area contributed by atoms with E-state index in [-0.39, 0.29) is 16.3 Å². The average molecular weight is 412 g/mol. The van der Waals surface area contributed by atoms with Crippen LogP contribution in [0.15, 0.2) is 41.3 Å². The molecule has 1 N–H and O–H groups in total. The van der Waals surface area contributed by atoms with Crippen molar-refractivity contribution in [3.05, 3.63) is 42.0 Å². The first-order chi connectivity index (χ1) is 12.7. The lowest BCUT2D eigenvalue weighted by Crippen LogP contribution is -2.27. The van der Waals surface area contributed by atoms with Gasteiger partial charge < -0.3 is 9.47 Å². The highest BCUT2D eigenvalue weighted by Gasteiger charge is 2.27. The van der Waals surface area contributed by atoms with Crippen molar-refractivity contribution in [3.63, 3.8) is 0 Å². The Morgan fingerprint density at radius 3 is 2.37 bits per heavy atom. The van der Waals surface area contributed by atoms with Crippen molar-refractivity contribution >= 4 is 31.4 Å². The number of rotatable bonds is 6. The van der Waals surface area contributed by atoms with Gasteiger partial charge in [0.1, 0.15) is 16.4 Å². The fraction of sp³-hybridized carbons (Fsp3) is 0.294. The molecule has 27 heavy (non-hydrogen) atoms. The van der Waals surface area contributed by atoms with Crippen molar-refractivity contribution in [3.8, 4) is 11.5 Å². The molecule has 2 aromatic carbocycles.